The first-order valence-corrected chi connectivity index (χ1v) is 7.86. The summed E-state index contributed by atoms with van der Waals surface area (Å²) in [6, 6.07) is 10.2. The van der Waals surface area contributed by atoms with Crippen LogP contribution >= 0.6 is 0 Å². The standard InChI is InChI=1S/C18H22N4O3/c1-22(2)17(13-4-3-10-20-12-13)18(24)21-14-5-7-15(8-6-14)25-11-9-16(19)23/h3-8,10,12,17H,9,11H2,1-2H3,(H2,19,23)(H,21,24). The Labute approximate surface area is 146 Å². The molecule has 1 atom stereocenters. The lowest BCUT2D eigenvalue weighted by Crippen LogP contribution is -2.32. The second-order valence-corrected chi connectivity index (χ2v) is 5.73. The summed E-state index contributed by atoms with van der Waals surface area (Å²) in [6.07, 6.45) is 3.51. The van der Waals surface area contributed by atoms with Gasteiger partial charge in [-0.1, -0.05) is 6.07 Å². The summed E-state index contributed by atoms with van der Waals surface area (Å²) in [4.78, 5) is 29.2. The molecule has 0 aliphatic carbocycles. The van der Waals surface area contributed by atoms with Gasteiger partial charge in [-0.2, -0.15) is 0 Å². The minimum Gasteiger partial charge on any atom is -0.493 e. The second kappa shape index (κ2) is 8.79. The maximum Gasteiger partial charge on any atom is 0.246 e. The maximum absolute atomic E-state index is 12.6. The molecular weight excluding hydrogens is 320 g/mol. The number of pyridine rings is 1. The first-order valence-electron chi connectivity index (χ1n) is 7.86. The van der Waals surface area contributed by atoms with Crippen molar-refractivity contribution in [3.63, 3.8) is 0 Å². The van der Waals surface area contributed by atoms with E-state index >= 15 is 0 Å². The second-order valence-electron chi connectivity index (χ2n) is 5.73. The van der Waals surface area contributed by atoms with Crippen molar-refractivity contribution in [3.05, 3.63) is 54.4 Å². The first kappa shape index (κ1) is 18.4. The van der Waals surface area contributed by atoms with E-state index in [4.69, 9.17) is 10.5 Å². The molecule has 1 unspecified atom stereocenters. The minimum absolute atomic E-state index is 0.152. The van der Waals surface area contributed by atoms with Gasteiger partial charge in [-0.05, 0) is 50.0 Å². The molecular formula is C18H22N4O3. The zero-order valence-electron chi connectivity index (χ0n) is 14.3. The highest BCUT2D eigenvalue weighted by molar-refractivity contribution is 5.95. The Balaban J connectivity index is 2.00. The van der Waals surface area contributed by atoms with Crippen LogP contribution in [0.2, 0.25) is 0 Å². The molecule has 2 rings (SSSR count). The molecule has 2 amide bonds. The highest BCUT2D eigenvalue weighted by atomic mass is 16.5. The summed E-state index contributed by atoms with van der Waals surface area (Å²) in [5.74, 6) is 0.0464. The van der Waals surface area contributed by atoms with Crippen LogP contribution in [0.5, 0.6) is 5.75 Å². The van der Waals surface area contributed by atoms with Crippen molar-refractivity contribution in [2.75, 3.05) is 26.0 Å². The van der Waals surface area contributed by atoms with Crippen molar-refractivity contribution in [1.29, 1.82) is 0 Å². The molecule has 0 aliphatic heterocycles. The normalized spacial score (nSPS) is 11.8. The number of aromatic nitrogens is 1. The Morgan fingerprint density at radius 1 is 1.24 bits per heavy atom. The topological polar surface area (TPSA) is 97.5 Å². The number of likely N-dealkylation sites (N-methyl/N-ethyl adjacent to an activating group) is 1. The Bertz CT molecular complexity index is 702. The summed E-state index contributed by atoms with van der Waals surface area (Å²) >= 11 is 0. The molecule has 25 heavy (non-hydrogen) atoms. The van der Waals surface area contributed by atoms with Crippen molar-refractivity contribution in [2.45, 2.75) is 12.5 Å². The van der Waals surface area contributed by atoms with E-state index in [9.17, 15) is 9.59 Å². The Hall–Kier alpha value is -2.93. The SMILES string of the molecule is CN(C)C(C(=O)Nc1ccc(OCCC(N)=O)cc1)c1cccnc1. The molecule has 132 valence electrons. The number of nitrogens with two attached hydrogens (primary N) is 1. The van der Waals surface area contributed by atoms with Crippen LogP contribution < -0.4 is 15.8 Å². The van der Waals surface area contributed by atoms with Crippen LogP contribution in [0.15, 0.2) is 48.8 Å². The minimum atomic E-state index is -0.444. The monoisotopic (exact) mass is 342 g/mol. The molecule has 7 heteroatoms. The molecule has 0 aliphatic rings. The van der Waals surface area contributed by atoms with E-state index in [0.717, 1.165) is 5.56 Å². The fourth-order valence-corrected chi connectivity index (χ4v) is 2.34. The smallest absolute Gasteiger partial charge is 0.246 e. The van der Waals surface area contributed by atoms with Gasteiger partial charge in [-0.25, -0.2) is 0 Å². The van der Waals surface area contributed by atoms with Crippen LogP contribution in [-0.4, -0.2) is 42.4 Å². The fraction of sp³-hybridized carbons (Fsp3) is 0.278. The molecule has 0 radical (unpaired) electrons. The van der Waals surface area contributed by atoms with Gasteiger partial charge in [-0.3, -0.25) is 19.5 Å². The number of benzene rings is 1. The number of amides is 2. The molecule has 7 nitrogen and oxygen atoms in total. The van der Waals surface area contributed by atoms with Crippen molar-refractivity contribution < 1.29 is 14.3 Å². The van der Waals surface area contributed by atoms with Gasteiger partial charge in [0.05, 0.1) is 13.0 Å². The summed E-state index contributed by atoms with van der Waals surface area (Å²) in [5, 5.41) is 2.89. The largest absolute Gasteiger partial charge is 0.493 e. The van der Waals surface area contributed by atoms with Crippen molar-refractivity contribution in [2.24, 2.45) is 5.73 Å². The van der Waals surface area contributed by atoms with Crippen LogP contribution in [-0.2, 0) is 9.59 Å². The number of nitrogens with zero attached hydrogens (tertiary/aromatic N) is 2. The first-order chi connectivity index (χ1) is 12.0. The molecule has 0 bridgehead atoms. The van der Waals surface area contributed by atoms with E-state index < -0.39 is 11.9 Å². The number of nitrogens with one attached hydrogen (secondary N) is 1. The van der Waals surface area contributed by atoms with Gasteiger partial charge in [0, 0.05) is 18.1 Å². The van der Waals surface area contributed by atoms with E-state index in [0.29, 0.717) is 11.4 Å². The summed E-state index contributed by atoms with van der Waals surface area (Å²) < 4.78 is 5.40. The zero-order chi connectivity index (χ0) is 18.2. The molecule has 0 fully saturated rings. The lowest BCUT2D eigenvalue weighted by Gasteiger charge is -2.23. The average molecular weight is 342 g/mol. The van der Waals surface area contributed by atoms with Crippen molar-refractivity contribution in [1.82, 2.24) is 9.88 Å². The van der Waals surface area contributed by atoms with Gasteiger partial charge in [0.15, 0.2) is 0 Å². The van der Waals surface area contributed by atoms with E-state index in [1.54, 1.807) is 42.7 Å². The van der Waals surface area contributed by atoms with Gasteiger partial charge in [0.2, 0.25) is 11.8 Å². The third-order valence-corrected chi connectivity index (χ3v) is 3.50. The molecule has 1 heterocycles. The van der Waals surface area contributed by atoms with Crippen LogP contribution in [0.4, 0.5) is 5.69 Å². The molecule has 1 aromatic heterocycles. The summed E-state index contributed by atoms with van der Waals surface area (Å²) in [7, 11) is 3.68. The van der Waals surface area contributed by atoms with E-state index in [1.807, 2.05) is 25.1 Å². The summed E-state index contributed by atoms with van der Waals surface area (Å²) in [6.45, 7) is 0.227. The number of carbonyl (C=O) groups excluding carboxylic acids is 2. The van der Waals surface area contributed by atoms with Crippen LogP contribution in [0.1, 0.15) is 18.0 Å². The Kier molecular flexibility index (Phi) is 6.47. The highest BCUT2D eigenvalue weighted by Gasteiger charge is 2.23. The van der Waals surface area contributed by atoms with Crippen molar-refractivity contribution in [3.8, 4) is 5.75 Å². The maximum atomic E-state index is 12.6. The Morgan fingerprint density at radius 3 is 2.52 bits per heavy atom. The third kappa shape index (κ3) is 5.58. The van der Waals surface area contributed by atoms with Gasteiger partial charge < -0.3 is 15.8 Å². The van der Waals surface area contributed by atoms with Gasteiger partial charge in [0.1, 0.15) is 11.8 Å². The number of hydrogen-bond acceptors (Lipinski definition) is 5. The molecule has 0 spiro atoms. The molecule has 0 saturated heterocycles. The van der Waals surface area contributed by atoms with Gasteiger partial charge >= 0.3 is 0 Å². The number of hydrogen-bond donors (Lipinski definition) is 2. The van der Waals surface area contributed by atoms with Crippen LogP contribution in [0, 0.1) is 0 Å². The number of ether oxygens (including phenoxy) is 1. The van der Waals surface area contributed by atoms with Gasteiger partial charge in [-0.15, -0.1) is 0 Å². The predicted octanol–water partition coefficient (Wildman–Crippen LogP) is 1.58. The summed E-state index contributed by atoms with van der Waals surface area (Å²) in [5.41, 5.74) is 6.53. The predicted molar refractivity (Wildman–Crippen MR) is 95.0 cm³/mol. The number of primary amides is 1. The average Bonchev–Trinajstić information content (AvgIpc) is 2.57. The van der Waals surface area contributed by atoms with Gasteiger partial charge in [0.25, 0.3) is 0 Å². The van der Waals surface area contributed by atoms with E-state index in [2.05, 4.69) is 10.3 Å². The number of carbonyl (C=O) groups is 2. The van der Waals surface area contributed by atoms with Crippen LogP contribution in [0.3, 0.4) is 0 Å². The van der Waals surface area contributed by atoms with Crippen LogP contribution in [0.25, 0.3) is 0 Å². The fourth-order valence-electron chi connectivity index (χ4n) is 2.34. The quantitative estimate of drug-likeness (QED) is 0.759. The highest BCUT2D eigenvalue weighted by Crippen LogP contribution is 2.21. The zero-order valence-corrected chi connectivity index (χ0v) is 14.3. The van der Waals surface area contributed by atoms with E-state index in [1.165, 1.54) is 0 Å². The lowest BCUT2D eigenvalue weighted by atomic mass is 10.1. The molecule has 1 aromatic carbocycles. The Morgan fingerprint density at radius 2 is 1.96 bits per heavy atom. The molecule has 0 saturated carbocycles. The van der Waals surface area contributed by atoms with Crippen molar-refractivity contribution >= 4 is 17.5 Å². The third-order valence-electron chi connectivity index (χ3n) is 3.50. The van der Waals surface area contributed by atoms with E-state index in [-0.39, 0.29) is 18.9 Å². The number of anilines is 1. The lowest BCUT2D eigenvalue weighted by molar-refractivity contribution is -0.120. The number of rotatable bonds is 8. The molecule has 3 N–H and O–H groups in total. The molecule has 2 aromatic rings.